The maximum atomic E-state index is 11.2. The van der Waals surface area contributed by atoms with E-state index >= 15 is 0 Å². The number of benzene rings is 2. The lowest BCUT2D eigenvalue weighted by molar-refractivity contribution is 0.100. The predicted molar refractivity (Wildman–Crippen MR) is 130 cm³/mol. The van der Waals surface area contributed by atoms with Crippen molar-refractivity contribution < 1.29 is 4.79 Å². The third-order valence-corrected chi connectivity index (χ3v) is 5.70. The molecule has 2 aromatic carbocycles. The van der Waals surface area contributed by atoms with Crippen molar-refractivity contribution in [2.24, 2.45) is 10.7 Å². The number of rotatable bonds is 6. The molecule has 0 aliphatic heterocycles. The molecule has 1 heterocycles. The first-order valence-corrected chi connectivity index (χ1v) is 10.9. The molecule has 158 valence electrons. The Labute approximate surface area is 183 Å². The lowest BCUT2D eigenvalue weighted by atomic mass is 10.1. The Morgan fingerprint density at radius 1 is 1.03 bits per heavy atom. The molecule has 0 aliphatic carbocycles. The van der Waals surface area contributed by atoms with E-state index in [1.165, 1.54) is 33.6 Å². The van der Waals surface area contributed by atoms with Crippen molar-refractivity contribution in [3.05, 3.63) is 80.5 Å². The van der Waals surface area contributed by atoms with Gasteiger partial charge in [0.15, 0.2) is 0 Å². The van der Waals surface area contributed by atoms with Crippen LogP contribution in [-0.2, 0) is 6.54 Å². The summed E-state index contributed by atoms with van der Waals surface area (Å²) in [6.45, 7) is 11.1. The molecule has 3 rings (SSSR count). The van der Waals surface area contributed by atoms with E-state index in [1.54, 1.807) is 0 Å². The molecule has 4 nitrogen and oxygen atoms in total. The Morgan fingerprint density at radius 3 is 2.33 bits per heavy atom. The van der Waals surface area contributed by atoms with Crippen LogP contribution in [0.25, 0.3) is 0 Å². The van der Waals surface area contributed by atoms with Gasteiger partial charge >= 0.3 is 0 Å². The summed E-state index contributed by atoms with van der Waals surface area (Å²) in [6, 6.07) is 16.3. The summed E-state index contributed by atoms with van der Waals surface area (Å²) in [7, 11) is 0. The average Bonchev–Trinajstić information content (AvgIpc) is 3.10. The van der Waals surface area contributed by atoms with Crippen molar-refractivity contribution in [3.63, 3.8) is 0 Å². The molecule has 0 radical (unpaired) electrons. The lowest BCUT2D eigenvalue weighted by Crippen LogP contribution is -2.11. The molecule has 3 aromatic rings. The van der Waals surface area contributed by atoms with E-state index in [0.717, 1.165) is 22.7 Å². The Morgan fingerprint density at radius 2 is 1.70 bits per heavy atom. The van der Waals surface area contributed by atoms with Crippen molar-refractivity contribution in [1.29, 1.82) is 0 Å². The van der Waals surface area contributed by atoms with Gasteiger partial charge in [0.1, 0.15) is 4.88 Å². The number of hydrogen-bond donors (Lipinski definition) is 2. The minimum atomic E-state index is -0.376. The van der Waals surface area contributed by atoms with Gasteiger partial charge in [0.2, 0.25) is 0 Å². The molecule has 0 bridgehead atoms. The van der Waals surface area contributed by atoms with Gasteiger partial charge in [-0.1, -0.05) is 43.3 Å². The summed E-state index contributed by atoms with van der Waals surface area (Å²) in [4.78, 5) is 17.3. The summed E-state index contributed by atoms with van der Waals surface area (Å²) in [6.07, 6.45) is 2.95. The minimum absolute atomic E-state index is 0.376. The Kier molecular flexibility index (Phi) is 8.81. The van der Waals surface area contributed by atoms with Gasteiger partial charge in [0.05, 0.1) is 11.4 Å². The van der Waals surface area contributed by atoms with Crippen LogP contribution in [0.5, 0.6) is 0 Å². The standard InChI is InChI=1S/C13H14N2OS.C12H17N/c1-9-7-11(12(17-9)13(14)16)15-8-10-5-3-2-4-6-10;1-5-6-13-12-8-10(3)9(2)7-11(12)4/h2-7,15H,8H2,1H3,(H2,14,16);6-8H,5H2,1-4H3. The molecule has 1 amide bonds. The SMILES string of the molecule is CCC=Nc1cc(C)c(C)cc1C.Cc1cc(NCc2ccccc2)c(C(N)=O)s1. The first kappa shape index (κ1) is 23.4. The van der Waals surface area contributed by atoms with Crippen molar-refractivity contribution >= 4 is 34.8 Å². The van der Waals surface area contributed by atoms with E-state index in [0.29, 0.717) is 11.4 Å². The maximum absolute atomic E-state index is 11.2. The average molecular weight is 422 g/mol. The number of carbonyl (C=O) groups excluding carboxylic acids is 1. The number of nitrogens with zero attached hydrogens (tertiary/aromatic N) is 1. The second-order valence-electron chi connectivity index (χ2n) is 7.25. The smallest absolute Gasteiger partial charge is 0.260 e. The molecule has 3 N–H and O–H groups in total. The molecule has 5 heteroatoms. The summed E-state index contributed by atoms with van der Waals surface area (Å²) in [5.74, 6) is -0.376. The second-order valence-corrected chi connectivity index (χ2v) is 8.50. The molecular weight excluding hydrogens is 390 g/mol. The van der Waals surface area contributed by atoms with Crippen LogP contribution in [0.4, 0.5) is 11.4 Å². The van der Waals surface area contributed by atoms with Gasteiger partial charge in [-0.05, 0) is 68.5 Å². The quantitative estimate of drug-likeness (QED) is 0.447. The van der Waals surface area contributed by atoms with E-state index in [-0.39, 0.29) is 5.91 Å². The van der Waals surface area contributed by atoms with E-state index in [9.17, 15) is 4.79 Å². The van der Waals surface area contributed by atoms with Crippen LogP contribution in [0.1, 0.15) is 50.1 Å². The fourth-order valence-electron chi connectivity index (χ4n) is 2.90. The summed E-state index contributed by atoms with van der Waals surface area (Å²) < 4.78 is 0. The number of aryl methyl sites for hydroxylation is 4. The molecule has 0 atom stereocenters. The minimum Gasteiger partial charge on any atom is -0.380 e. The number of nitrogens with two attached hydrogens (primary N) is 1. The Balaban J connectivity index is 0.000000222. The number of aliphatic imine (C=N–C) groups is 1. The van der Waals surface area contributed by atoms with Gasteiger partial charge in [-0.25, -0.2) is 0 Å². The summed E-state index contributed by atoms with van der Waals surface area (Å²) >= 11 is 1.42. The molecule has 0 saturated heterocycles. The fraction of sp³-hybridized carbons (Fsp3) is 0.280. The third kappa shape index (κ3) is 6.85. The zero-order valence-corrected chi connectivity index (χ0v) is 19.3. The topological polar surface area (TPSA) is 67.5 Å². The van der Waals surface area contributed by atoms with Crippen LogP contribution in [-0.4, -0.2) is 12.1 Å². The van der Waals surface area contributed by atoms with Gasteiger partial charge in [0, 0.05) is 17.6 Å². The number of carbonyl (C=O) groups is 1. The van der Waals surface area contributed by atoms with Gasteiger partial charge < -0.3 is 11.1 Å². The second kappa shape index (κ2) is 11.3. The van der Waals surface area contributed by atoms with Crippen molar-refractivity contribution in [2.75, 3.05) is 5.32 Å². The first-order chi connectivity index (χ1) is 14.3. The molecule has 1 aromatic heterocycles. The molecule has 0 spiro atoms. The number of primary amides is 1. The number of thiophene rings is 1. The van der Waals surface area contributed by atoms with Gasteiger partial charge in [0.25, 0.3) is 5.91 Å². The van der Waals surface area contributed by atoms with Crippen molar-refractivity contribution in [2.45, 2.75) is 47.6 Å². The van der Waals surface area contributed by atoms with Crippen LogP contribution < -0.4 is 11.1 Å². The van der Waals surface area contributed by atoms with Crippen LogP contribution in [0.15, 0.2) is 53.5 Å². The molecule has 0 aliphatic rings. The Hall–Kier alpha value is -2.92. The fourth-order valence-corrected chi connectivity index (χ4v) is 3.74. The van der Waals surface area contributed by atoms with Crippen LogP contribution in [0, 0.1) is 27.7 Å². The van der Waals surface area contributed by atoms with Gasteiger partial charge in [-0.2, -0.15) is 0 Å². The van der Waals surface area contributed by atoms with Crippen LogP contribution >= 0.6 is 11.3 Å². The van der Waals surface area contributed by atoms with Crippen LogP contribution in [0.2, 0.25) is 0 Å². The normalized spacial score (nSPS) is 10.6. The number of amides is 1. The third-order valence-electron chi connectivity index (χ3n) is 4.63. The van der Waals surface area contributed by atoms with Gasteiger partial charge in [-0.3, -0.25) is 9.79 Å². The number of nitrogens with one attached hydrogen (secondary N) is 1. The lowest BCUT2D eigenvalue weighted by Gasteiger charge is -2.05. The molecular formula is C25H31N3OS. The zero-order valence-electron chi connectivity index (χ0n) is 18.5. The highest BCUT2D eigenvalue weighted by molar-refractivity contribution is 7.14. The zero-order chi connectivity index (χ0) is 22.1. The Bertz CT molecular complexity index is 1010. The molecule has 0 saturated carbocycles. The van der Waals surface area contributed by atoms with E-state index in [4.69, 9.17) is 5.73 Å². The van der Waals surface area contributed by atoms with E-state index < -0.39 is 0 Å². The largest absolute Gasteiger partial charge is 0.380 e. The van der Waals surface area contributed by atoms with Crippen molar-refractivity contribution in [1.82, 2.24) is 0 Å². The monoisotopic (exact) mass is 421 g/mol. The number of anilines is 1. The summed E-state index contributed by atoms with van der Waals surface area (Å²) in [5, 5.41) is 3.24. The molecule has 0 fully saturated rings. The predicted octanol–water partition coefficient (Wildman–Crippen LogP) is 6.49. The van der Waals surface area contributed by atoms with Crippen LogP contribution in [0.3, 0.4) is 0 Å². The van der Waals surface area contributed by atoms with Gasteiger partial charge in [-0.15, -0.1) is 11.3 Å². The van der Waals surface area contributed by atoms with E-state index in [2.05, 4.69) is 50.1 Å². The highest BCUT2D eigenvalue weighted by Crippen LogP contribution is 2.26. The van der Waals surface area contributed by atoms with Crippen molar-refractivity contribution in [3.8, 4) is 0 Å². The molecule has 0 unspecified atom stereocenters. The maximum Gasteiger partial charge on any atom is 0.260 e. The van der Waals surface area contributed by atoms with E-state index in [1.807, 2.05) is 49.5 Å². The highest BCUT2D eigenvalue weighted by atomic mass is 32.1. The highest BCUT2D eigenvalue weighted by Gasteiger charge is 2.11. The first-order valence-electron chi connectivity index (χ1n) is 10.1. The number of hydrogen-bond acceptors (Lipinski definition) is 4. The summed E-state index contributed by atoms with van der Waals surface area (Å²) in [5.41, 5.74) is 12.3. The molecule has 30 heavy (non-hydrogen) atoms.